The van der Waals surface area contributed by atoms with E-state index in [-0.39, 0.29) is 16.9 Å². The first-order valence-electron chi connectivity index (χ1n) is 6.49. The Balaban J connectivity index is 1.88. The average molecular weight is 330 g/mol. The minimum atomic E-state index is -0.490. The minimum absolute atomic E-state index is 0.249. The molecule has 1 fully saturated rings. The number of carbonyl (C=O) groups is 1. The lowest BCUT2D eigenvalue weighted by molar-refractivity contribution is 0.0840. The number of amides is 1. The van der Waals surface area contributed by atoms with Crippen molar-refractivity contribution in [2.24, 2.45) is 5.92 Å². The van der Waals surface area contributed by atoms with Gasteiger partial charge in [0, 0.05) is 12.1 Å². The maximum Gasteiger partial charge on any atom is 0.251 e. The van der Waals surface area contributed by atoms with Crippen molar-refractivity contribution in [3.63, 3.8) is 0 Å². The molecule has 1 amide bonds. The van der Waals surface area contributed by atoms with E-state index in [0.29, 0.717) is 11.5 Å². The van der Waals surface area contributed by atoms with Crippen molar-refractivity contribution >= 4 is 21.8 Å². The van der Waals surface area contributed by atoms with E-state index in [0.717, 1.165) is 25.7 Å². The topological polar surface area (TPSA) is 49.3 Å². The summed E-state index contributed by atoms with van der Waals surface area (Å²) in [6, 6.07) is 4.11. The van der Waals surface area contributed by atoms with Gasteiger partial charge in [-0.1, -0.05) is 12.8 Å². The highest BCUT2D eigenvalue weighted by Crippen LogP contribution is 2.27. The van der Waals surface area contributed by atoms with Gasteiger partial charge in [0.05, 0.1) is 10.6 Å². The molecule has 1 saturated carbocycles. The van der Waals surface area contributed by atoms with E-state index < -0.39 is 11.9 Å². The molecular formula is C14H17BrFNO2. The van der Waals surface area contributed by atoms with E-state index in [1.54, 1.807) is 0 Å². The number of nitrogens with one attached hydrogen (secondary N) is 1. The number of hydrogen-bond acceptors (Lipinski definition) is 2. The Bertz CT molecular complexity index is 461. The molecule has 0 bridgehead atoms. The van der Waals surface area contributed by atoms with Crippen LogP contribution in [0.25, 0.3) is 0 Å². The second-order valence-corrected chi connectivity index (χ2v) is 5.81. The van der Waals surface area contributed by atoms with Crippen LogP contribution in [-0.4, -0.2) is 23.7 Å². The summed E-state index contributed by atoms with van der Waals surface area (Å²) in [4.78, 5) is 11.9. The summed E-state index contributed by atoms with van der Waals surface area (Å²) in [7, 11) is 0. The summed E-state index contributed by atoms with van der Waals surface area (Å²) in [6.45, 7) is 0.249. The zero-order valence-electron chi connectivity index (χ0n) is 10.5. The molecule has 3 nitrogen and oxygen atoms in total. The molecule has 1 aromatic carbocycles. The molecule has 1 aromatic rings. The van der Waals surface area contributed by atoms with Gasteiger partial charge in [-0.2, -0.15) is 0 Å². The van der Waals surface area contributed by atoms with Crippen LogP contribution in [0.5, 0.6) is 0 Å². The van der Waals surface area contributed by atoms with Crippen molar-refractivity contribution in [3.8, 4) is 0 Å². The van der Waals surface area contributed by atoms with Gasteiger partial charge in [-0.3, -0.25) is 4.79 Å². The van der Waals surface area contributed by atoms with Crippen LogP contribution >= 0.6 is 15.9 Å². The van der Waals surface area contributed by atoms with E-state index in [2.05, 4.69) is 21.2 Å². The summed E-state index contributed by atoms with van der Waals surface area (Å²) < 4.78 is 13.3. The third kappa shape index (κ3) is 3.76. The fourth-order valence-corrected chi connectivity index (χ4v) is 2.82. The van der Waals surface area contributed by atoms with E-state index in [1.807, 2.05) is 0 Å². The fraction of sp³-hybridized carbons (Fsp3) is 0.500. The average Bonchev–Trinajstić information content (AvgIpc) is 2.92. The number of aliphatic hydroxyl groups excluding tert-OH is 1. The van der Waals surface area contributed by atoms with Crippen molar-refractivity contribution in [2.75, 3.05) is 6.54 Å². The molecule has 104 valence electrons. The molecule has 0 spiro atoms. The molecule has 0 radical (unpaired) electrons. The number of benzene rings is 1. The van der Waals surface area contributed by atoms with Crippen molar-refractivity contribution in [1.29, 1.82) is 0 Å². The van der Waals surface area contributed by atoms with Crippen molar-refractivity contribution in [1.82, 2.24) is 5.32 Å². The first-order chi connectivity index (χ1) is 9.08. The molecule has 1 aliphatic rings. The number of aliphatic hydroxyl groups is 1. The third-order valence-electron chi connectivity index (χ3n) is 3.60. The van der Waals surface area contributed by atoms with Crippen molar-refractivity contribution < 1.29 is 14.3 Å². The predicted molar refractivity (Wildman–Crippen MR) is 74.4 cm³/mol. The van der Waals surface area contributed by atoms with Crippen LogP contribution in [0.15, 0.2) is 22.7 Å². The Hall–Kier alpha value is -0.940. The van der Waals surface area contributed by atoms with Gasteiger partial charge >= 0.3 is 0 Å². The first-order valence-corrected chi connectivity index (χ1v) is 7.28. The maximum absolute atomic E-state index is 13.1. The zero-order chi connectivity index (χ0) is 13.8. The molecular weight excluding hydrogens is 313 g/mol. The summed E-state index contributed by atoms with van der Waals surface area (Å²) in [5, 5.41) is 12.6. The standard InChI is InChI=1S/C14H17BrFNO2/c15-11-7-10(5-6-12(11)16)14(19)17-8-13(18)9-3-1-2-4-9/h5-7,9,13,18H,1-4,8H2,(H,17,19). The van der Waals surface area contributed by atoms with Crippen LogP contribution in [0.3, 0.4) is 0 Å². The molecule has 19 heavy (non-hydrogen) atoms. The summed E-state index contributed by atoms with van der Waals surface area (Å²) >= 11 is 3.04. The van der Waals surface area contributed by atoms with E-state index in [1.165, 1.54) is 18.2 Å². The van der Waals surface area contributed by atoms with E-state index in [9.17, 15) is 14.3 Å². The monoisotopic (exact) mass is 329 g/mol. The SMILES string of the molecule is O=C(NCC(O)C1CCCC1)c1ccc(F)c(Br)c1. The second kappa shape index (κ2) is 6.48. The minimum Gasteiger partial charge on any atom is -0.391 e. The first kappa shape index (κ1) is 14.5. The van der Waals surface area contributed by atoms with Gasteiger partial charge in [0.2, 0.25) is 0 Å². The van der Waals surface area contributed by atoms with Crippen molar-refractivity contribution in [2.45, 2.75) is 31.8 Å². The Morgan fingerprint density at radius 3 is 2.79 bits per heavy atom. The van der Waals surface area contributed by atoms with Gasteiger partial charge in [0.1, 0.15) is 5.82 Å². The molecule has 0 aliphatic heterocycles. The molecule has 0 saturated heterocycles. The Morgan fingerprint density at radius 2 is 2.16 bits per heavy atom. The van der Waals surface area contributed by atoms with Crippen LogP contribution in [0, 0.1) is 11.7 Å². The lowest BCUT2D eigenvalue weighted by Crippen LogP contribution is -2.35. The highest BCUT2D eigenvalue weighted by Gasteiger charge is 2.23. The van der Waals surface area contributed by atoms with E-state index in [4.69, 9.17) is 0 Å². The van der Waals surface area contributed by atoms with Crippen LogP contribution in [-0.2, 0) is 0 Å². The highest BCUT2D eigenvalue weighted by molar-refractivity contribution is 9.10. The quantitative estimate of drug-likeness (QED) is 0.892. The smallest absolute Gasteiger partial charge is 0.251 e. The Morgan fingerprint density at radius 1 is 1.47 bits per heavy atom. The molecule has 2 N–H and O–H groups in total. The largest absolute Gasteiger partial charge is 0.391 e. The molecule has 1 aliphatic carbocycles. The highest BCUT2D eigenvalue weighted by atomic mass is 79.9. The van der Waals surface area contributed by atoms with Crippen molar-refractivity contribution in [3.05, 3.63) is 34.1 Å². The zero-order valence-corrected chi connectivity index (χ0v) is 12.1. The normalized spacial score (nSPS) is 17.4. The number of carbonyl (C=O) groups excluding carboxylic acids is 1. The van der Waals surface area contributed by atoms with Crippen LogP contribution in [0.1, 0.15) is 36.0 Å². The fourth-order valence-electron chi connectivity index (χ4n) is 2.45. The lowest BCUT2D eigenvalue weighted by atomic mass is 10.0. The summed E-state index contributed by atoms with van der Waals surface area (Å²) in [5.74, 6) is -0.402. The van der Waals surface area contributed by atoms with Gasteiger partial charge < -0.3 is 10.4 Å². The number of hydrogen-bond donors (Lipinski definition) is 2. The molecule has 1 atom stereocenters. The van der Waals surface area contributed by atoms with Gasteiger partial charge in [-0.15, -0.1) is 0 Å². The van der Waals surface area contributed by atoms with E-state index >= 15 is 0 Å². The summed E-state index contributed by atoms with van der Waals surface area (Å²) in [6.07, 6.45) is 3.87. The summed E-state index contributed by atoms with van der Waals surface area (Å²) in [5.41, 5.74) is 0.381. The van der Waals surface area contributed by atoms with Crippen LogP contribution in [0.4, 0.5) is 4.39 Å². The van der Waals surface area contributed by atoms with Crippen LogP contribution in [0.2, 0.25) is 0 Å². The lowest BCUT2D eigenvalue weighted by Gasteiger charge is -2.18. The molecule has 0 heterocycles. The number of rotatable bonds is 4. The van der Waals surface area contributed by atoms with Gasteiger partial charge in [0.15, 0.2) is 0 Å². The Kier molecular flexibility index (Phi) is 4.93. The second-order valence-electron chi connectivity index (χ2n) is 4.95. The van der Waals surface area contributed by atoms with Gasteiger partial charge in [-0.05, 0) is 52.9 Å². The molecule has 2 rings (SSSR count). The number of halogens is 2. The maximum atomic E-state index is 13.1. The third-order valence-corrected chi connectivity index (χ3v) is 4.21. The van der Waals surface area contributed by atoms with Gasteiger partial charge in [0.25, 0.3) is 5.91 Å². The molecule has 5 heteroatoms. The van der Waals surface area contributed by atoms with Crippen LogP contribution < -0.4 is 5.32 Å². The molecule has 0 aromatic heterocycles. The molecule has 1 unspecified atom stereocenters. The van der Waals surface area contributed by atoms with Gasteiger partial charge in [-0.25, -0.2) is 4.39 Å². The Labute approximate surface area is 120 Å². The predicted octanol–water partition coefficient (Wildman–Crippen LogP) is 2.87.